The van der Waals surface area contributed by atoms with E-state index < -0.39 is 0 Å². The summed E-state index contributed by atoms with van der Waals surface area (Å²) in [4.78, 5) is 5.07. The maximum absolute atomic E-state index is 5.34. The summed E-state index contributed by atoms with van der Waals surface area (Å²) in [6.07, 6.45) is 2.08. The summed E-state index contributed by atoms with van der Waals surface area (Å²) in [5.41, 5.74) is 5.80. The molecule has 0 spiro atoms. The van der Waals surface area contributed by atoms with Crippen LogP contribution in [0.5, 0.6) is 5.75 Å². The van der Waals surface area contributed by atoms with E-state index in [1.807, 2.05) is 18.2 Å². The number of methoxy groups -OCH3 is 1. The average molecular weight is 453 g/mol. The third-order valence-corrected chi connectivity index (χ3v) is 6.55. The SMILES string of the molecule is COc1ccc(-c2cc(CCCN3CCN(c4ccccc4)CC3)nn2-c2ccccc2)cc1. The first-order valence-corrected chi connectivity index (χ1v) is 12.1. The van der Waals surface area contributed by atoms with Gasteiger partial charge in [-0.15, -0.1) is 0 Å². The lowest BCUT2D eigenvalue weighted by Crippen LogP contribution is -2.46. The Morgan fingerprint density at radius 1 is 0.765 bits per heavy atom. The number of para-hydroxylation sites is 2. The molecule has 5 nitrogen and oxygen atoms in total. The number of benzene rings is 3. The lowest BCUT2D eigenvalue weighted by Gasteiger charge is -2.36. The summed E-state index contributed by atoms with van der Waals surface area (Å²) in [5.74, 6) is 0.863. The van der Waals surface area contributed by atoms with Gasteiger partial charge in [0.2, 0.25) is 0 Å². The highest BCUT2D eigenvalue weighted by Crippen LogP contribution is 2.26. The van der Waals surface area contributed by atoms with E-state index in [2.05, 4.69) is 87.3 Å². The van der Waals surface area contributed by atoms with Gasteiger partial charge in [0.25, 0.3) is 0 Å². The minimum atomic E-state index is 0.863. The molecule has 1 aliphatic rings. The molecule has 174 valence electrons. The Morgan fingerprint density at radius 3 is 2.06 bits per heavy atom. The van der Waals surface area contributed by atoms with E-state index in [0.717, 1.165) is 74.0 Å². The molecule has 5 heteroatoms. The second kappa shape index (κ2) is 10.6. The van der Waals surface area contributed by atoms with Gasteiger partial charge in [0, 0.05) is 37.4 Å². The fourth-order valence-corrected chi connectivity index (χ4v) is 4.64. The van der Waals surface area contributed by atoms with Gasteiger partial charge in [-0.05, 0) is 74.0 Å². The van der Waals surface area contributed by atoms with E-state index in [0.29, 0.717) is 0 Å². The minimum Gasteiger partial charge on any atom is -0.497 e. The Kier molecular flexibility index (Phi) is 6.91. The van der Waals surface area contributed by atoms with Crippen LogP contribution in [0.15, 0.2) is 91.0 Å². The van der Waals surface area contributed by atoms with Crippen molar-refractivity contribution in [2.45, 2.75) is 12.8 Å². The molecule has 1 aromatic heterocycles. The largest absolute Gasteiger partial charge is 0.497 e. The molecule has 0 N–H and O–H groups in total. The number of nitrogens with zero attached hydrogens (tertiary/aromatic N) is 4. The Balaban J connectivity index is 1.23. The highest BCUT2D eigenvalue weighted by atomic mass is 16.5. The molecule has 0 radical (unpaired) electrons. The number of rotatable bonds is 8. The van der Waals surface area contributed by atoms with E-state index >= 15 is 0 Å². The number of hydrogen-bond donors (Lipinski definition) is 0. The molecular formula is C29H32N4O. The molecule has 2 heterocycles. The molecule has 0 atom stereocenters. The normalized spacial score (nSPS) is 14.3. The molecule has 0 bridgehead atoms. The van der Waals surface area contributed by atoms with Crippen LogP contribution in [-0.2, 0) is 6.42 Å². The van der Waals surface area contributed by atoms with Crippen LogP contribution in [0.4, 0.5) is 5.69 Å². The van der Waals surface area contributed by atoms with Gasteiger partial charge < -0.3 is 9.64 Å². The fourth-order valence-electron chi connectivity index (χ4n) is 4.64. The van der Waals surface area contributed by atoms with E-state index in [1.165, 1.54) is 5.69 Å². The summed E-state index contributed by atoms with van der Waals surface area (Å²) in [5, 5.41) is 4.99. The summed E-state index contributed by atoms with van der Waals surface area (Å²) in [6, 6.07) is 31.6. The number of aryl methyl sites for hydroxylation is 1. The zero-order valence-electron chi connectivity index (χ0n) is 19.8. The van der Waals surface area contributed by atoms with Crippen molar-refractivity contribution in [2.75, 3.05) is 44.7 Å². The Bertz CT molecular complexity index is 1160. The fraction of sp³-hybridized carbons (Fsp3) is 0.276. The van der Waals surface area contributed by atoms with Crippen molar-refractivity contribution in [3.8, 4) is 22.7 Å². The second-order valence-corrected chi connectivity index (χ2v) is 8.76. The molecular weight excluding hydrogens is 420 g/mol. The maximum Gasteiger partial charge on any atom is 0.118 e. The molecule has 0 amide bonds. The third kappa shape index (κ3) is 5.15. The second-order valence-electron chi connectivity index (χ2n) is 8.76. The predicted molar refractivity (Wildman–Crippen MR) is 139 cm³/mol. The van der Waals surface area contributed by atoms with Gasteiger partial charge in [0.05, 0.1) is 24.2 Å². The molecule has 1 fully saturated rings. The van der Waals surface area contributed by atoms with Crippen LogP contribution in [0, 0.1) is 0 Å². The quantitative estimate of drug-likeness (QED) is 0.363. The van der Waals surface area contributed by atoms with Gasteiger partial charge in [-0.2, -0.15) is 5.10 Å². The average Bonchev–Trinajstić information content (AvgIpc) is 3.34. The molecule has 5 rings (SSSR count). The first-order chi connectivity index (χ1) is 16.8. The van der Waals surface area contributed by atoms with Gasteiger partial charge in [0.15, 0.2) is 0 Å². The summed E-state index contributed by atoms with van der Waals surface area (Å²) in [6.45, 7) is 5.52. The molecule has 3 aromatic carbocycles. The zero-order valence-corrected chi connectivity index (χ0v) is 19.8. The highest BCUT2D eigenvalue weighted by molar-refractivity contribution is 5.63. The van der Waals surface area contributed by atoms with Gasteiger partial charge >= 0.3 is 0 Å². The van der Waals surface area contributed by atoms with Crippen LogP contribution in [-0.4, -0.2) is 54.5 Å². The van der Waals surface area contributed by atoms with Crippen molar-refractivity contribution < 1.29 is 4.74 Å². The third-order valence-electron chi connectivity index (χ3n) is 6.55. The van der Waals surface area contributed by atoms with Crippen molar-refractivity contribution in [2.24, 2.45) is 0 Å². The van der Waals surface area contributed by atoms with E-state index in [-0.39, 0.29) is 0 Å². The van der Waals surface area contributed by atoms with Gasteiger partial charge in [-0.3, -0.25) is 4.90 Å². The zero-order chi connectivity index (χ0) is 23.2. The molecule has 0 unspecified atom stereocenters. The number of piperazine rings is 1. The van der Waals surface area contributed by atoms with Crippen LogP contribution < -0.4 is 9.64 Å². The minimum absolute atomic E-state index is 0.863. The first kappa shape index (κ1) is 22.2. The Morgan fingerprint density at radius 2 is 1.41 bits per heavy atom. The number of anilines is 1. The summed E-state index contributed by atoms with van der Waals surface area (Å²) < 4.78 is 7.40. The molecule has 0 aliphatic carbocycles. The van der Waals surface area contributed by atoms with Crippen molar-refractivity contribution in [3.63, 3.8) is 0 Å². The first-order valence-electron chi connectivity index (χ1n) is 12.1. The van der Waals surface area contributed by atoms with Crippen LogP contribution in [0.25, 0.3) is 16.9 Å². The maximum atomic E-state index is 5.34. The number of hydrogen-bond acceptors (Lipinski definition) is 4. The van der Waals surface area contributed by atoms with Crippen LogP contribution >= 0.6 is 0 Å². The predicted octanol–water partition coefficient (Wildman–Crippen LogP) is 5.30. The molecule has 0 saturated carbocycles. The smallest absolute Gasteiger partial charge is 0.118 e. The van der Waals surface area contributed by atoms with Gasteiger partial charge in [-0.25, -0.2) is 4.68 Å². The van der Waals surface area contributed by atoms with E-state index in [4.69, 9.17) is 9.84 Å². The Hall–Kier alpha value is -3.57. The molecule has 4 aromatic rings. The highest BCUT2D eigenvalue weighted by Gasteiger charge is 2.17. The number of ether oxygens (including phenoxy) is 1. The van der Waals surface area contributed by atoms with E-state index in [1.54, 1.807) is 7.11 Å². The van der Waals surface area contributed by atoms with Crippen LogP contribution in [0.3, 0.4) is 0 Å². The molecule has 1 aliphatic heterocycles. The lowest BCUT2D eigenvalue weighted by atomic mass is 10.1. The van der Waals surface area contributed by atoms with E-state index in [9.17, 15) is 0 Å². The standard InChI is InChI=1S/C29H32N4O/c1-34-28-16-14-24(15-17-28)29-23-25(30-33(29)27-12-6-3-7-13-27)9-8-18-31-19-21-32(22-20-31)26-10-4-2-5-11-26/h2-7,10-17,23H,8-9,18-22H2,1H3. The van der Waals surface area contributed by atoms with Crippen molar-refractivity contribution in [3.05, 3.63) is 96.7 Å². The monoisotopic (exact) mass is 452 g/mol. The van der Waals surface area contributed by atoms with Crippen LogP contribution in [0.1, 0.15) is 12.1 Å². The van der Waals surface area contributed by atoms with Gasteiger partial charge in [-0.1, -0.05) is 36.4 Å². The topological polar surface area (TPSA) is 33.5 Å². The van der Waals surface area contributed by atoms with Crippen molar-refractivity contribution >= 4 is 5.69 Å². The molecule has 1 saturated heterocycles. The van der Waals surface area contributed by atoms with Crippen molar-refractivity contribution in [1.29, 1.82) is 0 Å². The Labute approximate surface area is 202 Å². The summed E-state index contributed by atoms with van der Waals surface area (Å²) in [7, 11) is 1.70. The summed E-state index contributed by atoms with van der Waals surface area (Å²) >= 11 is 0. The van der Waals surface area contributed by atoms with Gasteiger partial charge in [0.1, 0.15) is 5.75 Å². The molecule has 34 heavy (non-hydrogen) atoms. The lowest BCUT2D eigenvalue weighted by molar-refractivity contribution is 0.255. The number of aromatic nitrogens is 2. The van der Waals surface area contributed by atoms with Crippen LogP contribution in [0.2, 0.25) is 0 Å². The van der Waals surface area contributed by atoms with Crippen molar-refractivity contribution in [1.82, 2.24) is 14.7 Å².